The van der Waals surface area contributed by atoms with Crippen LogP contribution in [0.4, 0.5) is 21.0 Å². The number of thiazole rings is 1. The van der Waals surface area contributed by atoms with Crippen molar-refractivity contribution in [1.29, 1.82) is 0 Å². The van der Waals surface area contributed by atoms with Gasteiger partial charge in [-0.25, -0.2) is 13.8 Å². The topological polar surface area (TPSA) is 136 Å². The van der Waals surface area contributed by atoms with Crippen molar-refractivity contribution in [2.75, 3.05) is 16.9 Å². The van der Waals surface area contributed by atoms with Crippen LogP contribution in [0, 0.1) is 0 Å². The molecule has 0 fully saturated rings. The van der Waals surface area contributed by atoms with Gasteiger partial charge in [0.1, 0.15) is 11.2 Å². The Kier molecular flexibility index (Phi) is 8.81. The molecule has 1 heterocycles. The monoisotopic (exact) mass is 572 g/mol. The molecule has 3 amide bonds. The van der Waals surface area contributed by atoms with Crippen LogP contribution in [0.5, 0.6) is 0 Å². The minimum atomic E-state index is -3.10. The Morgan fingerprint density at radius 3 is 2.10 bits per heavy atom. The van der Waals surface area contributed by atoms with Crippen LogP contribution in [0.2, 0.25) is 0 Å². The summed E-state index contributed by atoms with van der Waals surface area (Å²) in [4.78, 5) is 42.8. The predicted molar refractivity (Wildman–Crippen MR) is 153 cm³/mol. The number of ether oxygens (including phenoxy) is 2. The van der Waals surface area contributed by atoms with Crippen LogP contribution < -0.4 is 10.6 Å². The van der Waals surface area contributed by atoms with Crippen molar-refractivity contribution in [3.63, 3.8) is 0 Å². The van der Waals surface area contributed by atoms with Crippen molar-refractivity contribution in [2.24, 2.45) is 4.36 Å². The molecule has 0 spiro atoms. The molecule has 1 atom stereocenters. The van der Waals surface area contributed by atoms with E-state index < -0.39 is 39.0 Å². The fraction of sp³-hybridized carbons (Fsp3) is 0.333. The third-order valence-electron chi connectivity index (χ3n) is 4.82. The van der Waals surface area contributed by atoms with Crippen molar-refractivity contribution in [2.45, 2.75) is 57.6 Å². The molecule has 0 aliphatic heterocycles. The van der Waals surface area contributed by atoms with Gasteiger partial charge in [0.05, 0.1) is 31.5 Å². The van der Waals surface area contributed by atoms with Gasteiger partial charge in [-0.2, -0.15) is 0 Å². The number of hydrogen-bond donors (Lipinski definition) is 2. The maximum atomic E-state index is 13.1. The highest BCUT2D eigenvalue weighted by atomic mass is 32.2. The Bertz CT molecular complexity index is 1480. The minimum absolute atomic E-state index is 0.262. The summed E-state index contributed by atoms with van der Waals surface area (Å²) in [6, 6.07) is 11.1. The van der Waals surface area contributed by atoms with E-state index in [1.807, 2.05) is 0 Å². The summed E-state index contributed by atoms with van der Waals surface area (Å²) in [5.41, 5.74) is 1.97. The summed E-state index contributed by atoms with van der Waals surface area (Å²) < 4.78 is 27.2. The number of nitrogens with zero attached hydrogens (tertiary/aromatic N) is 2. The lowest BCUT2D eigenvalue weighted by Crippen LogP contribution is -2.27. The molecular weight excluding hydrogens is 540 g/mol. The van der Waals surface area contributed by atoms with Gasteiger partial charge in [0.15, 0.2) is 0 Å². The van der Waals surface area contributed by atoms with E-state index >= 15 is 0 Å². The molecule has 3 aromatic rings. The molecule has 10 nitrogen and oxygen atoms in total. The quantitative estimate of drug-likeness (QED) is 0.343. The zero-order chi connectivity index (χ0) is 29.0. The van der Waals surface area contributed by atoms with Gasteiger partial charge in [0.25, 0.3) is 5.91 Å². The molecule has 3 rings (SSSR count). The second-order valence-electron chi connectivity index (χ2n) is 10.6. The normalized spacial score (nSPS) is 13.1. The average Bonchev–Trinajstić information content (AvgIpc) is 3.32. The second kappa shape index (κ2) is 11.5. The van der Waals surface area contributed by atoms with E-state index in [0.717, 1.165) is 10.4 Å². The predicted octanol–water partition coefficient (Wildman–Crippen LogP) is 6.80. The van der Waals surface area contributed by atoms with Gasteiger partial charge in [0, 0.05) is 22.9 Å². The summed E-state index contributed by atoms with van der Waals surface area (Å²) in [6.07, 6.45) is 1.43. The Morgan fingerprint density at radius 1 is 0.897 bits per heavy atom. The molecule has 1 unspecified atom stereocenters. The maximum Gasteiger partial charge on any atom is 0.442 e. The van der Waals surface area contributed by atoms with Gasteiger partial charge >= 0.3 is 12.2 Å². The minimum Gasteiger partial charge on any atom is -0.444 e. The Hall–Kier alpha value is -3.77. The van der Waals surface area contributed by atoms with Crippen molar-refractivity contribution in [3.05, 3.63) is 59.7 Å². The van der Waals surface area contributed by atoms with Crippen molar-refractivity contribution >= 4 is 50.5 Å². The highest BCUT2D eigenvalue weighted by Gasteiger charge is 2.20. The van der Waals surface area contributed by atoms with Crippen LogP contribution in [0.15, 0.2) is 63.4 Å². The number of aromatic nitrogens is 1. The lowest BCUT2D eigenvalue weighted by molar-refractivity contribution is 0.0603. The third-order valence-corrected chi connectivity index (χ3v) is 7.28. The SMILES string of the molecule is CC(C)(C)OC(=O)N=S(C)(=O)c1ccc(C(=O)Nc2cc(-c3cncs3)ccc2NC(=O)OC(C)(C)C)cc1. The van der Waals surface area contributed by atoms with E-state index in [1.54, 1.807) is 71.4 Å². The van der Waals surface area contributed by atoms with Gasteiger partial charge < -0.3 is 14.8 Å². The number of carbonyl (C=O) groups is 3. The zero-order valence-electron chi connectivity index (χ0n) is 22.9. The average molecular weight is 573 g/mol. The number of carbonyl (C=O) groups excluding carboxylic acids is 3. The zero-order valence-corrected chi connectivity index (χ0v) is 24.5. The summed E-state index contributed by atoms with van der Waals surface area (Å²) in [5, 5.41) is 5.50. The van der Waals surface area contributed by atoms with E-state index in [4.69, 9.17) is 9.47 Å². The van der Waals surface area contributed by atoms with Crippen LogP contribution in [-0.2, 0) is 19.2 Å². The van der Waals surface area contributed by atoms with E-state index in [1.165, 1.54) is 41.9 Å². The molecule has 0 radical (unpaired) electrons. The summed E-state index contributed by atoms with van der Waals surface area (Å²) in [7, 11) is -3.10. The van der Waals surface area contributed by atoms with Crippen LogP contribution in [0.25, 0.3) is 10.4 Å². The molecule has 2 N–H and O–H groups in total. The number of hydrogen-bond acceptors (Lipinski definition) is 8. The highest BCUT2D eigenvalue weighted by Crippen LogP contribution is 2.32. The fourth-order valence-corrected chi connectivity index (χ4v) is 4.90. The lowest BCUT2D eigenvalue weighted by Gasteiger charge is -2.21. The largest absolute Gasteiger partial charge is 0.444 e. The number of anilines is 2. The van der Waals surface area contributed by atoms with Gasteiger partial charge in [-0.15, -0.1) is 15.7 Å². The highest BCUT2D eigenvalue weighted by molar-refractivity contribution is 7.93. The van der Waals surface area contributed by atoms with E-state index in [-0.39, 0.29) is 10.5 Å². The van der Waals surface area contributed by atoms with Crippen LogP contribution >= 0.6 is 11.3 Å². The van der Waals surface area contributed by atoms with E-state index in [0.29, 0.717) is 11.4 Å². The molecular formula is C27H32N4O6S2. The molecule has 0 saturated heterocycles. The molecule has 2 aromatic carbocycles. The number of benzene rings is 2. The standard InChI is InChI=1S/C27H32N4O6S2/c1-26(2,3)36-24(33)30-20-13-10-18(22-15-28-16-38-22)14-21(20)29-23(32)17-8-11-19(12-9-17)39(7,35)31-25(34)37-27(4,5)6/h8-16H,1-7H3,(H,29,32)(H,30,33). The summed E-state index contributed by atoms with van der Waals surface area (Å²) in [5.74, 6) is -0.470. The number of nitrogens with one attached hydrogen (secondary N) is 2. The van der Waals surface area contributed by atoms with Crippen molar-refractivity contribution < 1.29 is 28.1 Å². The molecule has 0 saturated carbocycles. The first-order valence-electron chi connectivity index (χ1n) is 11.9. The Morgan fingerprint density at radius 2 is 1.54 bits per heavy atom. The van der Waals surface area contributed by atoms with Gasteiger partial charge in [0.2, 0.25) is 0 Å². The Balaban J connectivity index is 1.86. The van der Waals surface area contributed by atoms with Gasteiger partial charge in [-0.1, -0.05) is 6.07 Å². The molecule has 1 aromatic heterocycles. The third kappa shape index (κ3) is 8.89. The molecule has 0 bridgehead atoms. The molecule has 0 aliphatic rings. The lowest BCUT2D eigenvalue weighted by atomic mass is 10.1. The van der Waals surface area contributed by atoms with Crippen molar-refractivity contribution in [3.8, 4) is 10.4 Å². The number of amides is 3. The molecule has 208 valence electrons. The fourth-order valence-electron chi connectivity index (χ4n) is 3.21. The molecule has 12 heteroatoms. The summed E-state index contributed by atoms with van der Waals surface area (Å²) >= 11 is 1.43. The van der Waals surface area contributed by atoms with Gasteiger partial charge in [-0.05, 0) is 83.5 Å². The number of rotatable bonds is 5. The van der Waals surface area contributed by atoms with E-state index in [9.17, 15) is 18.6 Å². The first-order valence-corrected chi connectivity index (χ1v) is 14.7. The van der Waals surface area contributed by atoms with Crippen LogP contribution in [0.3, 0.4) is 0 Å². The van der Waals surface area contributed by atoms with Gasteiger partial charge in [-0.3, -0.25) is 15.1 Å². The van der Waals surface area contributed by atoms with Crippen LogP contribution in [-0.4, -0.2) is 44.7 Å². The summed E-state index contributed by atoms with van der Waals surface area (Å²) in [6.45, 7) is 10.3. The maximum absolute atomic E-state index is 13.1. The first-order chi connectivity index (χ1) is 18.0. The second-order valence-corrected chi connectivity index (χ2v) is 13.8. The molecule has 0 aliphatic carbocycles. The van der Waals surface area contributed by atoms with Crippen molar-refractivity contribution in [1.82, 2.24) is 4.98 Å². The molecule has 39 heavy (non-hydrogen) atoms. The first kappa shape index (κ1) is 29.8. The Labute approximate surface area is 232 Å². The smallest absolute Gasteiger partial charge is 0.442 e. The van der Waals surface area contributed by atoms with E-state index in [2.05, 4.69) is 20.0 Å². The van der Waals surface area contributed by atoms with Crippen LogP contribution in [0.1, 0.15) is 51.9 Å².